The zero-order valence-electron chi connectivity index (χ0n) is 7.44. The van der Waals surface area contributed by atoms with Crippen LogP contribution in [0.4, 0.5) is 3.89 Å². The molecule has 0 amide bonds. The van der Waals surface area contributed by atoms with Gasteiger partial charge in [0.25, 0.3) is 0 Å². The summed E-state index contributed by atoms with van der Waals surface area (Å²) in [5.74, 6) is 0. The first-order chi connectivity index (χ1) is 6.98. The van der Waals surface area contributed by atoms with Gasteiger partial charge in [0.1, 0.15) is 4.90 Å². The predicted octanol–water partition coefficient (Wildman–Crippen LogP) is 3.15. The minimum Gasteiger partial charge on any atom is -0.189 e. The summed E-state index contributed by atoms with van der Waals surface area (Å²) in [7, 11) is -4.69. The second kappa shape index (κ2) is 3.47. The predicted molar refractivity (Wildman–Crippen MR) is 57.3 cm³/mol. The molecule has 15 heavy (non-hydrogen) atoms. The van der Waals surface area contributed by atoms with Gasteiger partial charge in [-0.1, -0.05) is 29.8 Å². The van der Waals surface area contributed by atoms with Crippen molar-refractivity contribution in [3.63, 3.8) is 0 Å². The molecule has 0 atom stereocenters. The van der Waals surface area contributed by atoms with Gasteiger partial charge < -0.3 is 0 Å². The summed E-state index contributed by atoms with van der Waals surface area (Å²) in [5, 5.41) is 1.42. The van der Waals surface area contributed by atoms with E-state index in [0.717, 1.165) is 0 Å². The van der Waals surface area contributed by atoms with Crippen LogP contribution in [0.1, 0.15) is 0 Å². The molecular weight excluding hydrogens is 239 g/mol. The Kier molecular flexibility index (Phi) is 2.40. The average Bonchev–Trinajstić information content (AvgIpc) is 2.15. The lowest BCUT2D eigenvalue weighted by Crippen LogP contribution is -1.92. The van der Waals surface area contributed by atoms with E-state index in [0.29, 0.717) is 15.8 Å². The normalized spacial score (nSPS) is 11.9. The Balaban J connectivity index is 2.89. The molecule has 2 aromatic rings. The van der Waals surface area contributed by atoms with E-state index in [2.05, 4.69) is 0 Å². The van der Waals surface area contributed by atoms with Crippen molar-refractivity contribution in [1.82, 2.24) is 0 Å². The van der Waals surface area contributed by atoms with E-state index in [4.69, 9.17) is 11.6 Å². The third-order valence-electron chi connectivity index (χ3n) is 2.07. The molecular formula is C10H6ClFO2S. The molecule has 0 aliphatic heterocycles. The van der Waals surface area contributed by atoms with Gasteiger partial charge in [-0.3, -0.25) is 0 Å². The minimum atomic E-state index is -4.69. The van der Waals surface area contributed by atoms with Crippen LogP contribution in [0.2, 0.25) is 5.02 Å². The van der Waals surface area contributed by atoms with Crippen molar-refractivity contribution in [3.8, 4) is 0 Å². The molecule has 2 aromatic carbocycles. The minimum absolute atomic E-state index is 0.323. The summed E-state index contributed by atoms with van der Waals surface area (Å²) in [6.07, 6.45) is 0. The molecule has 0 fully saturated rings. The van der Waals surface area contributed by atoms with Crippen LogP contribution in [0.5, 0.6) is 0 Å². The summed E-state index contributed by atoms with van der Waals surface area (Å²) >= 11 is 5.74. The number of hydrogen-bond donors (Lipinski definition) is 0. The molecule has 2 nitrogen and oxygen atoms in total. The first-order valence-electron chi connectivity index (χ1n) is 4.11. The fourth-order valence-corrected chi connectivity index (χ4v) is 2.31. The van der Waals surface area contributed by atoms with Crippen LogP contribution in [0.25, 0.3) is 10.8 Å². The number of hydrogen-bond acceptors (Lipinski definition) is 2. The Bertz CT molecular complexity index is 622. The first-order valence-corrected chi connectivity index (χ1v) is 5.87. The van der Waals surface area contributed by atoms with E-state index in [9.17, 15) is 12.3 Å². The van der Waals surface area contributed by atoms with Crippen molar-refractivity contribution < 1.29 is 12.3 Å². The van der Waals surface area contributed by atoms with E-state index < -0.39 is 10.2 Å². The smallest absolute Gasteiger partial charge is 0.189 e. The molecule has 0 N–H and O–H groups in total. The van der Waals surface area contributed by atoms with Gasteiger partial charge in [0, 0.05) is 10.4 Å². The second-order valence-electron chi connectivity index (χ2n) is 3.06. The van der Waals surface area contributed by atoms with Gasteiger partial charge in [-0.05, 0) is 23.6 Å². The lowest BCUT2D eigenvalue weighted by molar-refractivity contribution is 0.553. The van der Waals surface area contributed by atoms with Gasteiger partial charge >= 0.3 is 10.2 Å². The van der Waals surface area contributed by atoms with Crippen LogP contribution >= 0.6 is 11.6 Å². The maximum absolute atomic E-state index is 12.9. The standard InChI is InChI=1S/C10H6ClFO2S/c11-8-4-5-9-7(6-8)2-1-3-10(9)15(12,13)14/h1-6H. The third kappa shape index (κ3) is 1.96. The molecule has 78 valence electrons. The summed E-state index contributed by atoms with van der Waals surface area (Å²) in [5.41, 5.74) is 0. The second-order valence-corrected chi connectivity index (χ2v) is 4.81. The molecule has 0 aliphatic rings. The highest BCUT2D eigenvalue weighted by Crippen LogP contribution is 2.26. The molecule has 0 aliphatic carbocycles. The van der Waals surface area contributed by atoms with E-state index >= 15 is 0 Å². The first kappa shape index (κ1) is 10.4. The van der Waals surface area contributed by atoms with Crippen LogP contribution in [0.15, 0.2) is 41.3 Å². The topological polar surface area (TPSA) is 34.1 Å². The zero-order valence-corrected chi connectivity index (χ0v) is 9.02. The molecule has 0 saturated carbocycles. The number of fused-ring (bicyclic) bond motifs is 1. The van der Waals surface area contributed by atoms with Gasteiger partial charge in [0.2, 0.25) is 0 Å². The quantitative estimate of drug-likeness (QED) is 0.722. The number of benzene rings is 2. The third-order valence-corrected chi connectivity index (χ3v) is 3.18. The molecule has 0 saturated heterocycles. The highest BCUT2D eigenvalue weighted by Gasteiger charge is 2.15. The monoisotopic (exact) mass is 244 g/mol. The lowest BCUT2D eigenvalue weighted by atomic mass is 10.1. The van der Waals surface area contributed by atoms with Gasteiger partial charge in [-0.2, -0.15) is 8.42 Å². The Morgan fingerprint density at radius 2 is 1.87 bits per heavy atom. The highest BCUT2D eigenvalue weighted by atomic mass is 35.5. The van der Waals surface area contributed by atoms with Crippen molar-refractivity contribution in [2.45, 2.75) is 4.90 Å². The van der Waals surface area contributed by atoms with Crippen LogP contribution < -0.4 is 0 Å². The van der Waals surface area contributed by atoms with Crippen LogP contribution in [0.3, 0.4) is 0 Å². The average molecular weight is 245 g/mol. The SMILES string of the molecule is O=S(=O)(F)c1cccc2cc(Cl)ccc12. The van der Waals surface area contributed by atoms with Gasteiger partial charge in [0.15, 0.2) is 0 Å². The van der Waals surface area contributed by atoms with Crippen LogP contribution in [-0.2, 0) is 10.2 Å². The van der Waals surface area contributed by atoms with Crippen molar-refractivity contribution in [2.24, 2.45) is 0 Å². The van der Waals surface area contributed by atoms with Crippen LogP contribution in [-0.4, -0.2) is 8.42 Å². The molecule has 5 heteroatoms. The molecule has 0 aromatic heterocycles. The maximum atomic E-state index is 12.9. The summed E-state index contributed by atoms with van der Waals surface area (Å²) in [6, 6.07) is 8.99. The molecule has 0 heterocycles. The fourth-order valence-electron chi connectivity index (χ4n) is 1.44. The highest BCUT2D eigenvalue weighted by molar-refractivity contribution is 7.86. The van der Waals surface area contributed by atoms with Gasteiger partial charge in [-0.25, -0.2) is 0 Å². The van der Waals surface area contributed by atoms with Crippen molar-refractivity contribution in [2.75, 3.05) is 0 Å². The Hall–Kier alpha value is -1.13. The summed E-state index contributed by atoms with van der Waals surface area (Å²) in [6.45, 7) is 0. The summed E-state index contributed by atoms with van der Waals surface area (Å²) < 4.78 is 34.6. The number of halogens is 2. The van der Waals surface area contributed by atoms with Crippen LogP contribution in [0, 0.1) is 0 Å². The van der Waals surface area contributed by atoms with Gasteiger partial charge in [-0.15, -0.1) is 3.89 Å². The van der Waals surface area contributed by atoms with Crippen molar-refractivity contribution in [3.05, 3.63) is 41.4 Å². The van der Waals surface area contributed by atoms with E-state index in [1.165, 1.54) is 24.3 Å². The van der Waals surface area contributed by atoms with E-state index in [-0.39, 0.29) is 4.90 Å². The van der Waals surface area contributed by atoms with Crippen molar-refractivity contribution >= 4 is 32.6 Å². The fraction of sp³-hybridized carbons (Fsp3) is 0. The lowest BCUT2D eigenvalue weighted by Gasteiger charge is -2.02. The molecule has 0 radical (unpaired) electrons. The number of rotatable bonds is 1. The van der Waals surface area contributed by atoms with Crippen molar-refractivity contribution in [1.29, 1.82) is 0 Å². The van der Waals surface area contributed by atoms with Gasteiger partial charge in [0.05, 0.1) is 0 Å². The molecule has 0 unspecified atom stereocenters. The Morgan fingerprint density at radius 1 is 1.13 bits per heavy atom. The summed E-state index contributed by atoms with van der Waals surface area (Å²) in [4.78, 5) is -0.323. The van der Waals surface area contributed by atoms with E-state index in [1.807, 2.05) is 0 Å². The molecule has 2 rings (SSSR count). The Labute approximate surface area is 91.5 Å². The Morgan fingerprint density at radius 3 is 2.53 bits per heavy atom. The molecule has 0 spiro atoms. The largest absolute Gasteiger partial charge is 0.332 e. The van der Waals surface area contributed by atoms with E-state index in [1.54, 1.807) is 12.1 Å². The zero-order chi connectivity index (χ0) is 11.1. The molecule has 0 bridgehead atoms. The maximum Gasteiger partial charge on any atom is 0.332 e.